The second kappa shape index (κ2) is 5.13. The Bertz CT molecular complexity index is 534. The van der Waals surface area contributed by atoms with Crippen LogP contribution in [0.2, 0.25) is 0 Å². The number of nitrogens with two attached hydrogens (primary N) is 1. The zero-order valence-electron chi connectivity index (χ0n) is 8.98. The molecule has 2 rings (SSSR count). The van der Waals surface area contributed by atoms with Crippen molar-refractivity contribution >= 4 is 20.2 Å². The molecule has 0 saturated carbocycles. The lowest BCUT2D eigenvalue weighted by Crippen LogP contribution is -2.08. The van der Waals surface area contributed by atoms with Gasteiger partial charge in [0, 0.05) is 11.4 Å². The number of nitrogen functional groups attached to an aromatic ring is 1. The van der Waals surface area contributed by atoms with Gasteiger partial charge in [-0.1, -0.05) is 18.2 Å². The third-order valence-corrected chi connectivity index (χ3v) is 2.72. The monoisotopic (exact) mass is 250 g/mol. The van der Waals surface area contributed by atoms with Gasteiger partial charge < -0.3 is 10.2 Å². The standard InChI is InChI=1S/C12H12FN2OP/c13-9-7-8(5-6-10(9)15-14)16-11-3-1-2-4-12(11)17/h1-7,15H,14,17H2. The molecule has 0 radical (unpaired) electrons. The molecule has 0 aliphatic heterocycles. The van der Waals surface area contributed by atoms with Gasteiger partial charge in [-0.3, -0.25) is 5.84 Å². The largest absolute Gasteiger partial charge is 0.457 e. The molecule has 3 nitrogen and oxygen atoms in total. The van der Waals surface area contributed by atoms with Gasteiger partial charge in [-0.15, -0.1) is 9.24 Å². The molecule has 0 aromatic heterocycles. The summed E-state index contributed by atoms with van der Waals surface area (Å²) in [6, 6.07) is 11.9. The number of rotatable bonds is 3. The van der Waals surface area contributed by atoms with Crippen LogP contribution in [0.25, 0.3) is 0 Å². The summed E-state index contributed by atoms with van der Waals surface area (Å²) in [7, 11) is 2.56. The number of hydrogen-bond acceptors (Lipinski definition) is 3. The predicted molar refractivity (Wildman–Crippen MR) is 70.1 cm³/mol. The van der Waals surface area contributed by atoms with E-state index in [1.807, 2.05) is 24.3 Å². The maximum absolute atomic E-state index is 13.4. The molecule has 0 saturated heterocycles. The number of para-hydroxylation sites is 1. The average molecular weight is 250 g/mol. The molecule has 3 N–H and O–H groups in total. The second-order valence-corrected chi connectivity index (χ2v) is 4.05. The van der Waals surface area contributed by atoms with Crippen LogP contribution in [0.1, 0.15) is 0 Å². The number of anilines is 1. The fourth-order valence-electron chi connectivity index (χ4n) is 1.38. The zero-order valence-corrected chi connectivity index (χ0v) is 10.1. The molecule has 0 aliphatic rings. The molecule has 0 bridgehead atoms. The normalized spacial score (nSPS) is 10.1. The minimum Gasteiger partial charge on any atom is -0.457 e. The summed E-state index contributed by atoms with van der Waals surface area (Å²) in [4.78, 5) is 0. The highest BCUT2D eigenvalue weighted by atomic mass is 31.0. The van der Waals surface area contributed by atoms with Crippen molar-refractivity contribution in [3.8, 4) is 11.5 Å². The predicted octanol–water partition coefficient (Wildman–Crippen LogP) is 2.40. The van der Waals surface area contributed by atoms with Crippen LogP contribution in [0.4, 0.5) is 10.1 Å². The number of halogens is 1. The van der Waals surface area contributed by atoms with Crippen LogP contribution >= 0.6 is 9.24 Å². The molecule has 0 heterocycles. The van der Waals surface area contributed by atoms with Crippen LogP contribution in [0, 0.1) is 5.82 Å². The lowest BCUT2D eigenvalue weighted by Gasteiger charge is -2.09. The molecule has 17 heavy (non-hydrogen) atoms. The van der Waals surface area contributed by atoms with Crippen LogP contribution in [-0.2, 0) is 0 Å². The number of hydrogen-bond donors (Lipinski definition) is 2. The molecule has 0 aliphatic carbocycles. The van der Waals surface area contributed by atoms with Crippen LogP contribution in [0.5, 0.6) is 11.5 Å². The SMILES string of the molecule is NNc1ccc(Oc2ccccc2P)cc1F. The first-order chi connectivity index (χ1) is 8.20. The van der Waals surface area contributed by atoms with E-state index in [1.165, 1.54) is 12.1 Å². The maximum atomic E-state index is 13.4. The van der Waals surface area contributed by atoms with E-state index in [0.717, 1.165) is 5.30 Å². The van der Waals surface area contributed by atoms with E-state index in [2.05, 4.69) is 14.7 Å². The van der Waals surface area contributed by atoms with Gasteiger partial charge in [0.15, 0.2) is 5.82 Å². The minimum atomic E-state index is -0.453. The van der Waals surface area contributed by atoms with Crippen LogP contribution in [0.3, 0.4) is 0 Å². The van der Waals surface area contributed by atoms with Gasteiger partial charge in [0.05, 0.1) is 5.69 Å². The first kappa shape index (κ1) is 11.8. The quantitative estimate of drug-likeness (QED) is 0.499. The average Bonchev–Trinajstić information content (AvgIpc) is 2.32. The van der Waals surface area contributed by atoms with Crippen molar-refractivity contribution < 1.29 is 9.13 Å². The van der Waals surface area contributed by atoms with Gasteiger partial charge >= 0.3 is 0 Å². The summed E-state index contributed by atoms with van der Waals surface area (Å²) >= 11 is 0. The van der Waals surface area contributed by atoms with Crippen molar-refractivity contribution in [2.75, 3.05) is 5.43 Å². The molecule has 2 aromatic rings. The van der Waals surface area contributed by atoms with Gasteiger partial charge in [-0.25, -0.2) is 4.39 Å². The molecule has 0 amide bonds. The molecule has 1 atom stereocenters. The summed E-state index contributed by atoms with van der Waals surface area (Å²) in [6.07, 6.45) is 0. The first-order valence-corrected chi connectivity index (χ1v) is 5.57. The number of ether oxygens (including phenoxy) is 1. The van der Waals surface area contributed by atoms with E-state index in [1.54, 1.807) is 6.07 Å². The van der Waals surface area contributed by atoms with Gasteiger partial charge in [0.25, 0.3) is 0 Å². The third-order valence-electron chi connectivity index (χ3n) is 2.24. The van der Waals surface area contributed by atoms with Gasteiger partial charge in [0.2, 0.25) is 0 Å². The summed E-state index contributed by atoms with van der Waals surface area (Å²) in [5.41, 5.74) is 2.50. The van der Waals surface area contributed by atoms with Crippen molar-refractivity contribution in [2.24, 2.45) is 5.84 Å². The van der Waals surface area contributed by atoms with Gasteiger partial charge in [0.1, 0.15) is 11.5 Å². The Labute approximate surface area is 101 Å². The van der Waals surface area contributed by atoms with Gasteiger partial charge in [-0.2, -0.15) is 0 Å². The lowest BCUT2D eigenvalue weighted by molar-refractivity contribution is 0.481. The van der Waals surface area contributed by atoms with Crippen LogP contribution in [0.15, 0.2) is 42.5 Å². The molecule has 2 aromatic carbocycles. The molecule has 88 valence electrons. The summed E-state index contributed by atoms with van der Waals surface area (Å²) < 4.78 is 19.0. The fourth-order valence-corrected chi connectivity index (χ4v) is 1.64. The van der Waals surface area contributed by atoms with E-state index < -0.39 is 5.82 Å². The third kappa shape index (κ3) is 2.73. The molecule has 1 unspecified atom stereocenters. The Hall–Kier alpha value is -1.64. The van der Waals surface area contributed by atoms with E-state index in [-0.39, 0.29) is 5.69 Å². The smallest absolute Gasteiger partial charge is 0.151 e. The number of benzene rings is 2. The first-order valence-electron chi connectivity index (χ1n) is 4.99. The Morgan fingerprint density at radius 1 is 1.18 bits per heavy atom. The minimum absolute atomic E-state index is 0.233. The molecule has 0 spiro atoms. The second-order valence-electron chi connectivity index (χ2n) is 3.43. The van der Waals surface area contributed by atoms with Crippen molar-refractivity contribution in [3.05, 3.63) is 48.3 Å². The van der Waals surface area contributed by atoms with E-state index in [9.17, 15) is 4.39 Å². The highest BCUT2D eigenvalue weighted by Crippen LogP contribution is 2.24. The molecule has 5 heteroatoms. The topological polar surface area (TPSA) is 47.3 Å². The van der Waals surface area contributed by atoms with Crippen molar-refractivity contribution in [3.63, 3.8) is 0 Å². The van der Waals surface area contributed by atoms with E-state index in [4.69, 9.17) is 10.6 Å². The maximum Gasteiger partial charge on any atom is 0.151 e. The molecular weight excluding hydrogens is 238 g/mol. The number of nitrogens with one attached hydrogen (secondary N) is 1. The Kier molecular flexibility index (Phi) is 3.57. The highest BCUT2D eigenvalue weighted by molar-refractivity contribution is 7.27. The van der Waals surface area contributed by atoms with Crippen molar-refractivity contribution in [1.82, 2.24) is 0 Å². The number of hydrazine groups is 1. The fraction of sp³-hybridized carbons (Fsp3) is 0. The summed E-state index contributed by atoms with van der Waals surface area (Å²) in [6.45, 7) is 0. The van der Waals surface area contributed by atoms with Crippen molar-refractivity contribution in [2.45, 2.75) is 0 Å². The highest BCUT2D eigenvalue weighted by Gasteiger charge is 2.05. The Morgan fingerprint density at radius 2 is 1.94 bits per heavy atom. The van der Waals surface area contributed by atoms with Gasteiger partial charge in [-0.05, 0) is 18.2 Å². The lowest BCUT2D eigenvalue weighted by atomic mass is 10.3. The van der Waals surface area contributed by atoms with Crippen molar-refractivity contribution in [1.29, 1.82) is 0 Å². The van der Waals surface area contributed by atoms with E-state index in [0.29, 0.717) is 11.5 Å². The van der Waals surface area contributed by atoms with Crippen LogP contribution < -0.4 is 21.3 Å². The Balaban J connectivity index is 2.25. The summed E-state index contributed by atoms with van der Waals surface area (Å²) in [5, 5.41) is 0.911. The van der Waals surface area contributed by atoms with E-state index >= 15 is 0 Å². The Morgan fingerprint density at radius 3 is 2.59 bits per heavy atom. The molecular formula is C12H12FN2OP. The summed E-state index contributed by atoms with van der Waals surface area (Å²) in [5.74, 6) is 5.79. The van der Waals surface area contributed by atoms with Crippen LogP contribution in [-0.4, -0.2) is 0 Å². The zero-order chi connectivity index (χ0) is 12.3. The molecule has 0 fully saturated rings.